The molecule has 1 aromatic carbocycles. The van der Waals surface area contributed by atoms with Gasteiger partial charge < -0.3 is 9.15 Å². The van der Waals surface area contributed by atoms with Crippen molar-refractivity contribution in [3.8, 4) is 0 Å². The first-order chi connectivity index (χ1) is 11.1. The molecule has 5 heteroatoms. The summed E-state index contributed by atoms with van der Waals surface area (Å²) in [5.74, 6) is 0.894. The van der Waals surface area contributed by atoms with Gasteiger partial charge in [0.05, 0.1) is 17.1 Å². The topological polar surface area (TPSA) is 57.3 Å². The number of fused-ring (bicyclic) bond motifs is 2. The zero-order chi connectivity index (χ0) is 16.0. The van der Waals surface area contributed by atoms with Gasteiger partial charge in [-0.15, -0.1) is 0 Å². The molecule has 5 nitrogen and oxygen atoms in total. The first-order valence-electron chi connectivity index (χ1n) is 8.20. The lowest BCUT2D eigenvalue weighted by Gasteiger charge is -2.23. The van der Waals surface area contributed by atoms with Gasteiger partial charge in [-0.1, -0.05) is 13.8 Å². The average molecular weight is 312 g/mol. The SMILES string of the molecule is CC(C)c1cc2cc3cnn(C4CCCCO4)c3cc2c(=O)o1. The smallest absolute Gasteiger partial charge is 0.343 e. The van der Waals surface area contributed by atoms with Crippen LogP contribution in [0, 0.1) is 0 Å². The van der Waals surface area contributed by atoms with E-state index in [9.17, 15) is 4.79 Å². The Morgan fingerprint density at radius 1 is 1.22 bits per heavy atom. The maximum Gasteiger partial charge on any atom is 0.343 e. The van der Waals surface area contributed by atoms with E-state index < -0.39 is 0 Å². The van der Waals surface area contributed by atoms with Crippen molar-refractivity contribution in [3.05, 3.63) is 40.6 Å². The van der Waals surface area contributed by atoms with Gasteiger partial charge >= 0.3 is 5.63 Å². The van der Waals surface area contributed by atoms with Gasteiger partial charge in [-0.05, 0) is 42.8 Å². The summed E-state index contributed by atoms with van der Waals surface area (Å²) in [4.78, 5) is 12.3. The summed E-state index contributed by atoms with van der Waals surface area (Å²) < 4.78 is 13.2. The van der Waals surface area contributed by atoms with Crippen molar-refractivity contribution in [3.63, 3.8) is 0 Å². The molecule has 1 saturated heterocycles. The number of hydrogen-bond acceptors (Lipinski definition) is 4. The lowest BCUT2D eigenvalue weighted by Crippen LogP contribution is -2.19. The maximum atomic E-state index is 12.3. The van der Waals surface area contributed by atoms with Crippen LogP contribution in [0.1, 0.15) is 51.0 Å². The Morgan fingerprint density at radius 3 is 2.83 bits per heavy atom. The molecule has 3 aromatic rings. The van der Waals surface area contributed by atoms with Crippen LogP contribution in [-0.4, -0.2) is 16.4 Å². The lowest BCUT2D eigenvalue weighted by molar-refractivity contribution is -0.0366. The van der Waals surface area contributed by atoms with E-state index in [0.717, 1.165) is 42.2 Å². The maximum absolute atomic E-state index is 12.3. The molecule has 0 bridgehead atoms. The molecule has 1 atom stereocenters. The average Bonchev–Trinajstić information content (AvgIpc) is 2.96. The molecule has 2 aromatic heterocycles. The Hall–Kier alpha value is -2.14. The molecule has 3 heterocycles. The van der Waals surface area contributed by atoms with Crippen LogP contribution in [-0.2, 0) is 4.74 Å². The van der Waals surface area contributed by atoms with Crippen molar-refractivity contribution in [1.29, 1.82) is 0 Å². The molecular weight excluding hydrogens is 292 g/mol. The minimum Gasteiger partial charge on any atom is -0.427 e. The predicted molar refractivity (Wildman–Crippen MR) is 88.7 cm³/mol. The van der Waals surface area contributed by atoms with E-state index in [0.29, 0.717) is 11.1 Å². The molecule has 1 fully saturated rings. The third-order valence-electron chi connectivity index (χ3n) is 4.49. The van der Waals surface area contributed by atoms with Gasteiger partial charge in [0.1, 0.15) is 5.76 Å². The normalized spacial score (nSPS) is 19.0. The third-order valence-corrected chi connectivity index (χ3v) is 4.49. The molecule has 120 valence electrons. The van der Waals surface area contributed by atoms with E-state index in [1.165, 1.54) is 0 Å². The van der Waals surface area contributed by atoms with Crippen LogP contribution in [0.15, 0.2) is 33.6 Å². The fourth-order valence-corrected chi connectivity index (χ4v) is 3.18. The van der Waals surface area contributed by atoms with Gasteiger partial charge in [0.15, 0.2) is 6.23 Å². The number of rotatable bonds is 2. The van der Waals surface area contributed by atoms with Crippen LogP contribution in [0.5, 0.6) is 0 Å². The summed E-state index contributed by atoms with van der Waals surface area (Å²) in [6.45, 7) is 4.79. The van der Waals surface area contributed by atoms with E-state index in [2.05, 4.69) is 5.10 Å². The van der Waals surface area contributed by atoms with Gasteiger partial charge in [0.25, 0.3) is 0 Å². The van der Waals surface area contributed by atoms with Crippen LogP contribution < -0.4 is 5.63 Å². The van der Waals surface area contributed by atoms with E-state index in [1.54, 1.807) is 0 Å². The Morgan fingerprint density at radius 2 is 2.09 bits per heavy atom. The quantitative estimate of drug-likeness (QED) is 0.718. The zero-order valence-corrected chi connectivity index (χ0v) is 13.4. The van der Waals surface area contributed by atoms with Gasteiger partial charge in [0.2, 0.25) is 0 Å². The summed E-state index contributed by atoms with van der Waals surface area (Å²) in [5, 5.41) is 7.01. The first-order valence-corrected chi connectivity index (χ1v) is 8.20. The molecule has 0 aliphatic carbocycles. The summed E-state index contributed by atoms with van der Waals surface area (Å²) in [5.41, 5.74) is 0.638. The summed E-state index contributed by atoms with van der Waals surface area (Å²) >= 11 is 0. The van der Waals surface area contributed by atoms with E-state index in [1.807, 2.05) is 42.9 Å². The molecule has 0 radical (unpaired) electrons. The number of benzene rings is 1. The molecule has 1 aliphatic heterocycles. The number of nitrogens with zero attached hydrogens (tertiary/aromatic N) is 2. The molecular formula is C18H20N2O3. The van der Waals surface area contributed by atoms with Crippen molar-refractivity contribution in [2.24, 2.45) is 0 Å². The van der Waals surface area contributed by atoms with Crippen molar-refractivity contribution in [2.45, 2.75) is 45.3 Å². The second-order valence-electron chi connectivity index (χ2n) is 6.50. The highest BCUT2D eigenvalue weighted by Gasteiger charge is 2.19. The Labute approximate surface area is 133 Å². The predicted octanol–water partition coefficient (Wildman–Crippen LogP) is 3.97. The summed E-state index contributed by atoms with van der Waals surface area (Å²) in [7, 11) is 0. The molecule has 1 unspecified atom stereocenters. The third kappa shape index (κ3) is 2.45. The summed E-state index contributed by atoms with van der Waals surface area (Å²) in [6.07, 6.45) is 4.99. The lowest BCUT2D eigenvalue weighted by atomic mass is 10.1. The van der Waals surface area contributed by atoms with E-state index >= 15 is 0 Å². The standard InChI is InChI=1S/C18H20N2O3/c1-11(2)16-8-12-7-13-10-19-20(17-5-3-4-6-22-17)15(13)9-14(12)18(21)23-16/h7-11,17H,3-6H2,1-2H3. The van der Waals surface area contributed by atoms with Gasteiger partial charge in [0, 0.05) is 17.9 Å². The van der Waals surface area contributed by atoms with Crippen LogP contribution in [0.25, 0.3) is 21.7 Å². The van der Waals surface area contributed by atoms with Crippen molar-refractivity contribution >= 4 is 21.7 Å². The largest absolute Gasteiger partial charge is 0.427 e. The van der Waals surface area contributed by atoms with E-state index in [-0.39, 0.29) is 17.8 Å². The number of hydrogen-bond donors (Lipinski definition) is 0. The van der Waals surface area contributed by atoms with Crippen LogP contribution in [0.3, 0.4) is 0 Å². The van der Waals surface area contributed by atoms with E-state index in [4.69, 9.17) is 9.15 Å². The zero-order valence-electron chi connectivity index (χ0n) is 13.4. The molecule has 0 N–H and O–H groups in total. The van der Waals surface area contributed by atoms with Gasteiger partial charge in [-0.25, -0.2) is 9.48 Å². The highest BCUT2D eigenvalue weighted by atomic mass is 16.5. The molecule has 0 amide bonds. The number of aromatic nitrogens is 2. The molecule has 23 heavy (non-hydrogen) atoms. The fourth-order valence-electron chi connectivity index (χ4n) is 3.18. The Kier molecular flexibility index (Phi) is 3.45. The van der Waals surface area contributed by atoms with Crippen molar-refractivity contribution in [2.75, 3.05) is 6.61 Å². The monoisotopic (exact) mass is 312 g/mol. The van der Waals surface area contributed by atoms with Crippen LogP contribution in [0.2, 0.25) is 0 Å². The molecule has 1 aliphatic rings. The molecule has 0 spiro atoms. The second-order valence-corrected chi connectivity index (χ2v) is 6.50. The van der Waals surface area contributed by atoms with Crippen molar-refractivity contribution in [1.82, 2.24) is 9.78 Å². The number of ether oxygens (including phenoxy) is 1. The Bertz CT molecular complexity index is 917. The minimum absolute atomic E-state index is 0.0410. The summed E-state index contributed by atoms with van der Waals surface area (Å²) in [6, 6.07) is 5.85. The molecule has 0 saturated carbocycles. The van der Waals surface area contributed by atoms with Crippen molar-refractivity contribution < 1.29 is 9.15 Å². The highest BCUT2D eigenvalue weighted by molar-refractivity contribution is 5.96. The highest BCUT2D eigenvalue weighted by Crippen LogP contribution is 2.29. The first kappa shape index (κ1) is 14.5. The minimum atomic E-state index is -0.287. The second kappa shape index (κ2) is 5.49. The van der Waals surface area contributed by atoms with Gasteiger partial charge in [-0.2, -0.15) is 5.10 Å². The van der Waals surface area contributed by atoms with Crippen LogP contribution in [0.4, 0.5) is 0 Å². The van der Waals surface area contributed by atoms with Gasteiger partial charge in [-0.3, -0.25) is 0 Å². The fraction of sp³-hybridized carbons (Fsp3) is 0.444. The molecule has 4 rings (SSSR count). The van der Waals surface area contributed by atoms with Crippen LogP contribution >= 0.6 is 0 Å². The Balaban J connectivity index is 1.90.